The third kappa shape index (κ3) is 3.05. The fraction of sp³-hybridized carbons (Fsp3) is 0.368. The van der Waals surface area contributed by atoms with Crippen LogP contribution in [0, 0.1) is 13.8 Å². The zero-order valence-electron chi connectivity index (χ0n) is 14.8. The molecule has 0 bridgehead atoms. The summed E-state index contributed by atoms with van der Waals surface area (Å²) in [6, 6.07) is 7.80. The fourth-order valence-corrected chi connectivity index (χ4v) is 3.26. The van der Waals surface area contributed by atoms with E-state index in [-0.39, 0.29) is 0 Å². The van der Waals surface area contributed by atoms with E-state index in [0.29, 0.717) is 6.54 Å². The van der Waals surface area contributed by atoms with Crippen LogP contribution in [0.4, 0.5) is 0 Å². The minimum Gasteiger partial charge on any atom is -0.497 e. The molecule has 0 fully saturated rings. The van der Waals surface area contributed by atoms with Gasteiger partial charge in [-0.25, -0.2) is 9.97 Å². The van der Waals surface area contributed by atoms with Gasteiger partial charge in [0, 0.05) is 24.3 Å². The predicted octanol–water partition coefficient (Wildman–Crippen LogP) is 3.18. The Morgan fingerprint density at radius 3 is 2.72 bits per heavy atom. The number of benzene rings is 1. The van der Waals surface area contributed by atoms with Gasteiger partial charge in [0.2, 0.25) is 5.89 Å². The normalized spacial score (nSPS) is 14.5. The molecule has 0 saturated carbocycles. The Bertz CT molecular complexity index is 879. The molecular weight excluding hydrogens is 316 g/mol. The summed E-state index contributed by atoms with van der Waals surface area (Å²) in [4.78, 5) is 11.4. The maximum Gasteiger partial charge on any atom is 0.209 e. The molecule has 1 aliphatic heterocycles. The highest BCUT2D eigenvalue weighted by molar-refractivity contribution is 5.57. The first-order valence-electron chi connectivity index (χ1n) is 8.48. The van der Waals surface area contributed by atoms with Crippen LogP contribution >= 0.6 is 0 Å². The summed E-state index contributed by atoms with van der Waals surface area (Å²) in [5.74, 6) is 3.48. The second-order valence-corrected chi connectivity index (χ2v) is 6.41. The standard InChI is InChI=1S/C19H22N4O2/c1-13-14(2)23-9-8-22(11-18(23)21-13)12-19-20-10-17(25-19)15-4-6-16(24-3)7-5-15/h4-7,10H,8-9,11-12H2,1-3H3. The van der Waals surface area contributed by atoms with Crippen molar-refractivity contribution in [3.63, 3.8) is 0 Å². The molecule has 4 rings (SSSR count). The molecule has 0 aliphatic carbocycles. The smallest absolute Gasteiger partial charge is 0.209 e. The number of ether oxygens (including phenoxy) is 1. The van der Waals surface area contributed by atoms with Crippen LogP contribution in [0.3, 0.4) is 0 Å². The average Bonchev–Trinajstić information content (AvgIpc) is 3.20. The second-order valence-electron chi connectivity index (χ2n) is 6.41. The van der Waals surface area contributed by atoms with Crippen molar-refractivity contribution in [2.45, 2.75) is 33.5 Å². The first-order valence-corrected chi connectivity index (χ1v) is 8.48. The van der Waals surface area contributed by atoms with Crippen LogP contribution in [-0.4, -0.2) is 33.1 Å². The molecule has 0 atom stereocenters. The molecule has 6 nitrogen and oxygen atoms in total. The zero-order chi connectivity index (χ0) is 17.4. The van der Waals surface area contributed by atoms with Crippen LogP contribution in [0.25, 0.3) is 11.3 Å². The molecule has 3 heterocycles. The van der Waals surface area contributed by atoms with E-state index in [0.717, 1.165) is 54.1 Å². The highest BCUT2D eigenvalue weighted by atomic mass is 16.5. The highest BCUT2D eigenvalue weighted by Gasteiger charge is 2.21. The third-order valence-corrected chi connectivity index (χ3v) is 4.83. The van der Waals surface area contributed by atoms with Crippen LogP contribution in [0.15, 0.2) is 34.9 Å². The number of hydrogen-bond donors (Lipinski definition) is 0. The van der Waals surface area contributed by atoms with Gasteiger partial charge in [-0.2, -0.15) is 0 Å². The Hall–Kier alpha value is -2.60. The van der Waals surface area contributed by atoms with Crippen LogP contribution in [0.2, 0.25) is 0 Å². The Morgan fingerprint density at radius 2 is 1.96 bits per heavy atom. The number of imidazole rings is 1. The van der Waals surface area contributed by atoms with E-state index in [1.54, 1.807) is 13.3 Å². The molecule has 1 aromatic carbocycles. The second kappa shape index (κ2) is 6.37. The number of rotatable bonds is 4. The first-order chi connectivity index (χ1) is 12.1. The Kier molecular flexibility index (Phi) is 4.05. The van der Waals surface area contributed by atoms with Gasteiger partial charge in [0.05, 0.1) is 32.1 Å². The van der Waals surface area contributed by atoms with Crippen molar-refractivity contribution in [1.29, 1.82) is 0 Å². The topological polar surface area (TPSA) is 56.3 Å². The molecule has 1 aliphatic rings. The van der Waals surface area contributed by atoms with Gasteiger partial charge in [-0.1, -0.05) is 0 Å². The van der Waals surface area contributed by atoms with Crippen molar-refractivity contribution in [2.24, 2.45) is 0 Å². The number of methoxy groups -OCH3 is 1. The van der Waals surface area contributed by atoms with E-state index in [1.165, 1.54) is 5.69 Å². The molecule has 0 saturated heterocycles. The summed E-state index contributed by atoms with van der Waals surface area (Å²) in [6.45, 7) is 7.67. The summed E-state index contributed by atoms with van der Waals surface area (Å²) < 4.78 is 13.4. The highest BCUT2D eigenvalue weighted by Crippen LogP contribution is 2.24. The lowest BCUT2D eigenvalue weighted by Gasteiger charge is -2.26. The van der Waals surface area contributed by atoms with Gasteiger partial charge in [-0.3, -0.25) is 4.90 Å². The summed E-state index contributed by atoms with van der Waals surface area (Å²) in [5, 5.41) is 0. The van der Waals surface area contributed by atoms with Crippen molar-refractivity contribution < 1.29 is 9.15 Å². The van der Waals surface area contributed by atoms with Crippen LogP contribution in [0.5, 0.6) is 5.75 Å². The molecule has 130 valence electrons. The van der Waals surface area contributed by atoms with E-state index >= 15 is 0 Å². The van der Waals surface area contributed by atoms with Crippen molar-refractivity contribution in [2.75, 3.05) is 13.7 Å². The van der Waals surface area contributed by atoms with Gasteiger partial charge in [0.1, 0.15) is 11.6 Å². The summed E-state index contributed by atoms with van der Waals surface area (Å²) in [7, 11) is 1.66. The minimum atomic E-state index is 0.696. The molecule has 0 radical (unpaired) electrons. The van der Waals surface area contributed by atoms with Crippen molar-refractivity contribution in [1.82, 2.24) is 19.4 Å². The molecule has 0 amide bonds. The molecular formula is C19H22N4O2. The summed E-state index contributed by atoms with van der Waals surface area (Å²) in [5.41, 5.74) is 3.39. The fourth-order valence-electron chi connectivity index (χ4n) is 3.26. The lowest BCUT2D eigenvalue weighted by atomic mass is 10.2. The molecule has 25 heavy (non-hydrogen) atoms. The first kappa shape index (κ1) is 15.9. The number of aryl methyl sites for hydroxylation is 1. The molecule has 3 aromatic rings. The quantitative estimate of drug-likeness (QED) is 0.731. The van der Waals surface area contributed by atoms with Gasteiger partial charge in [0.25, 0.3) is 0 Å². The zero-order valence-corrected chi connectivity index (χ0v) is 14.8. The summed E-state index contributed by atoms with van der Waals surface area (Å²) in [6.07, 6.45) is 1.79. The third-order valence-electron chi connectivity index (χ3n) is 4.83. The molecule has 0 N–H and O–H groups in total. The lowest BCUT2D eigenvalue weighted by molar-refractivity contribution is 0.190. The molecule has 2 aromatic heterocycles. The number of hydrogen-bond acceptors (Lipinski definition) is 5. The van der Waals surface area contributed by atoms with E-state index < -0.39 is 0 Å². The van der Waals surface area contributed by atoms with E-state index in [1.807, 2.05) is 24.3 Å². The largest absolute Gasteiger partial charge is 0.497 e. The maximum atomic E-state index is 5.94. The number of oxazole rings is 1. The van der Waals surface area contributed by atoms with Gasteiger partial charge >= 0.3 is 0 Å². The Morgan fingerprint density at radius 1 is 1.16 bits per heavy atom. The van der Waals surface area contributed by atoms with Gasteiger partial charge in [0.15, 0.2) is 5.76 Å². The molecule has 0 unspecified atom stereocenters. The van der Waals surface area contributed by atoms with E-state index in [2.05, 4.69) is 33.3 Å². The Labute approximate surface area is 147 Å². The summed E-state index contributed by atoms with van der Waals surface area (Å²) >= 11 is 0. The van der Waals surface area contributed by atoms with Crippen molar-refractivity contribution in [3.8, 4) is 17.1 Å². The van der Waals surface area contributed by atoms with Gasteiger partial charge in [-0.05, 0) is 38.1 Å². The number of fused-ring (bicyclic) bond motifs is 1. The van der Waals surface area contributed by atoms with E-state index in [9.17, 15) is 0 Å². The Balaban J connectivity index is 1.46. The molecule has 0 spiro atoms. The monoisotopic (exact) mass is 338 g/mol. The predicted molar refractivity (Wildman–Crippen MR) is 94.3 cm³/mol. The number of nitrogens with zero attached hydrogens (tertiary/aromatic N) is 4. The lowest BCUT2D eigenvalue weighted by Crippen LogP contribution is -2.33. The van der Waals surface area contributed by atoms with E-state index in [4.69, 9.17) is 9.15 Å². The van der Waals surface area contributed by atoms with Crippen LogP contribution in [-0.2, 0) is 19.6 Å². The maximum absolute atomic E-state index is 5.94. The van der Waals surface area contributed by atoms with Gasteiger partial charge in [-0.15, -0.1) is 0 Å². The SMILES string of the molecule is COc1ccc(-c2cnc(CN3CCn4c(nc(C)c4C)C3)o2)cc1. The van der Waals surface area contributed by atoms with Crippen molar-refractivity contribution in [3.05, 3.63) is 53.6 Å². The van der Waals surface area contributed by atoms with Crippen molar-refractivity contribution >= 4 is 0 Å². The van der Waals surface area contributed by atoms with Gasteiger partial charge < -0.3 is 13.7 Å². The van der Waals surface area contributed by atoms with Crippen LogP contribution < -0.4 is 4.74 Å². The van der Waals surface area contributed by atoms with Crippen LogP contribution in [0.1, 0.15) is 23.1 Å². The minimum absolute atomic E-state index is 0.696. The number of aromatic nitrogens is 3. The molecule has 6 heteroatoms. The average molecular weight is 338 g/mol.